The Kier molecular flexibility index (Phi) is 9.10. The Labute approximate surface area is 111 Å². The van der Waals surface area contributed by atoms with Gasteiger partial charge in [0.25, 0.3) is 0 Å². The molecule has 0 aliphatic carbocycles. The number of aliphatic hydroxyl groups is 1. The molecule has 8 N–H and O–H groups in total. The zero-order chi connectivity index (χ0) is 14.7. The molecule has 19 heavy (non-hydrogen) atoms. The van der Waals surface area contributed by atoms with Gasteiger partial charge in [0.15, 0.2) is 5.96 Å². The third-order valence-electron chi connectivity index (χ3n) is 2.04. The van der Waals surface area contributed by atoms with Crippen molar-refractivity contribution in [3.8, 4) is 0 Å². The van der Waals surface area contributed by atoms with E-state index in [1.54, 1.807) is 7.05 Å². The van der Waals surface area contributed by atoms with Crippen LogP contribution >= 0.6 is 0 Å². The summed E-state index contributed by atoms with van der Waals surface area (Å²) < 4.78 is 0. The molecule has 9 heteroatoms. The van der Waals surface area contributed by atoms with Crippen molar-refractivity contribution < 1.29 is 14.7 Å². The predicted molar refractivity (Wildman–Crippen MR) is 71.0 cm³/mol. The van der Waals surface area contributed by atoms with Crippen LogP contribution in [0.5, 0.6) is 0 Å². The van der Waals surface area contributed by atoms with Crippen LogP contribution < -0.4 is 27.4 Å². The van der Waals surface area contributed by atoms with Crippen molar-refractivity contribution in [3.05, 3.63) is 0 Å². The van der Waals surface area contributed by atoms with E-state index in [9.17, 15) is 14.7 Å². The van der Waals surface area contributed by atoms with E-state index in [4.69, 9.17) is 11.5 Å². The lowest BCUT2D eigenvalue weighted by Crippen LogP contribution is -2.43. The Hall–Kier alpha value is -1.87. The monoisotopic (exact) mass is 274 g/mol. The molecule has 0 aliphatic heterocycles. The number of rotatable bonds is 9. The Balaban J connectivity index is 3.69. The van der Waals surface area contributed by atoms with Crippen LogP contribution in [0.4, 0.5) is 0 Å². The Morgan fingerprint density at radius 1 is 1.26 bits per heavy atom. The highest BCUT2D eigenvalue weighted by Crippen LogP contribution is 1.94. The summed E-state index contributed by atoms with van der Waals surface area (Å²) in [5.41, 5.74) is 10.3. The molecule has 9 nitrogen and oxygen atoms in total. The number of carbonyl (C=O) groups excluding carboxylic acids is 2. The molecule has 0 aromatic carbocycles. The number of aliphatic hydroxyl groups excluding tert-OH is 1. The molecule has 0 bridgehead atoms. The third kappa shape index (κ3) is 11.0. The molecule has 0 aliphatic rings. The molecule has 2 amide bonds. The number of amides is 2. The van der Waals surface area contributed by atoms with E-state index in [1.807, 2.05) is 0 Å². The number of carbonyl (C=O) groups is 2. The lowest BCUT2D eigenvalue weighted by molar-refractivity contribution is -0.127. The standard InChI is InChI=1S/C10H22N6O3/c1-13-5-8(18)15-6-9(19)16-7(17)3-2-4-14-10(11)12/h7,13,17H,2-6H2,1H3,(H,15,18)(H,16,19)(H4,11,12,14)/t7-/m0/s1. The summed E-state index contributed by atoms with van der Waals surface area (Å²) in [6.45, 7) is 0.341. The molecule has 0 aromatic rings. The number of nitrogens with one attached hydrogen (secondary N) is 3. The molecule has 0 saturated heterocycles. The lowest BCUT2D eigenvalue weighted by atomic mass is 10.3. The molecular formula is C10H22N6O3. The van der Waals surface area contributed by atoms with Gasteiger partial charge in [-0.05, 0) is 19.9 Å². The summed E-state index contributed by atoms with van der Waals surface area (Å²) in [5.74, 6) is -0.760. The van der Waals surface area contributed by atoms with Crippen molar-refractivity contribution in [1.29, 1.82) is 0 Å². The molecule has 0 aromatic heterocycles. The molecule has 0 unspecified atom stereocenters. The molecule has 0 fully saturated rings. The minimum atomic E-state index is -0.983. The van der Waals surface area contributed by atoms with E-state index < -0.39 is 12.1 Å². The summed E-state index contributed by atoms with van der Waals surface area (Å²) >= 11 is 0. The zero-order valence-electron chi connectivity index (χ0n) is 11.0. The SMILES string of the molecule is CNCC(=O)NCC(=O)N[C@@H](O)CCCN=C(N)N. The van der Waals surface area contributed by atoms with Crippen LogP contribution in [0.25, 0.3) is 0 Å². The molecule has 0 saturated carbocycles. The number of guanidine groups is 1. The van der Waals surface area contributed by atoms with Gasteiger partial charge in [0.05, 0.1) is 13.1 Å². The van der Waals surface area contributed by atoms with Gasteiger partial charge >= 0.3 is 0 Å². The van der Waals surface area contributed by atoms with E-state index in [0.29, 0.717) is 19.4 Å². The van der Waals surface area contributed by atoms with Crippen molar-refractivity contribution >= 4 is 17.8 Å². The van der Waals surface area contributed by atoms with Crippen molar-refractivity contribution in [2.24, 2.45) is 16.5 Å². The Bertz CT molecular complexity index is 316. The van der Waals surface area contributed by atoms with Gasteiger partial charge in [0.2, 0.25) is 11.8 Å². The normalized spacial score (nSPS) is 11.5. The van der Waals surface area contributed by atoms with Crippen LogP contribution in [0.15, 0.2) is 4.99 Å². The van der Waals surface area contributed by atoms with Gasteiger partial charge < -0.3 is 32.5 Å². The summed E-state index contributed by atoms with van der Waals surface area (Å²) in [4.78, 5) is 26.1. The van der Waals surface area contributed by atoms with Crippen LogP contribution in [-0.2, 0) is 9.59 Å². The smallest absolute Gasteiger partial charge is 0.241 e. The van der Waals surface area contributed by atoms with Crippen molar-refractivity contribution in [1.82, 2.24) is 16.0 Å². The maximum absolute atomic E-state index is 11.3. The number of hydrogen-bond donors (Lipinski definition) is 6. The fourth-order valence-corrected chi connectivity index (χ4v) is 1.20. The average molecular weight is 274 g/mol. The number of nitrogens with two attached hydrogens (primary N) is 2. The first-order valence-corrected chi connectivity index (χ1v) is 5.89. The highest BCUT2D eigenvalue weighted by atomic mass is 16.3. The lowest BCUT2D eigenvalue weighted by Gasteiger charge is -2.12. The molecule has 0 spiro atoms. The fourth-order valence-electron chi connectivity index (χ4n) is 1.20. The van der Waals surface area contributed by atoms with Crippen molar-refractivity contribution in [2.75, 3.05) is 26.7 Å². The molecule has 0 rings (SSSR count). The maximum atomic E-state index is 11.3. The van der Waals surface area contributed by atoms with E-state index >= 15 is 0 Å². The van der Waals surface area contributed by atoms with Gasteiger partial charge in [-0.3, -0.25) is 14.6 Å². The van der Waals surface area contributed by atoms with Gasteiger partial charge in [-0.2, -0.15) is 0 Å². The van der Waals surface area contributed by atoms with Gasteiger partial charge in [-0.15, -0.1) is 0 Å². The van der Waals surface area contributed by atoms with Crippen LogP contribution in [0.2, 0.25) is 0 Å². The largest absolute Gasteiger partial charge is 0.374 e. The molecule has 0 radical (unpaired) electrons. The summed E-state index contributed by atoms with van der Waals surface area (Å²) in [7, 11) is 1.62. The van der Waals surface area contributed by atoms with E-state index in [0.717, 1.165) is 0 Å². The Morgan fingerprint density at radius 3 is 2.53 bits per heavy atom. The van der Waals surface area contributed by atoms with Gasteiger partial charge in [0, 0.05) is 6.54 Å². The molecule has 110 valence electrons. The highest BCUT2D eigenvalue weighted by Gasteiger charge is 2.09. The fraction of sp³-hybridized carbons (Fsp3) is 0.700. The van der Waals surface area contributed by atoms with Crippen LogP contribution in [0.1, 0.15) is 12.8 Å². The summed E-state index contributed by atoms with van der Waals surface area (Å²) in [6.07, 6.45) is -0.124. The zero-order valence-corrected chi connectivity index (χ0v) is 11.0. The first-order valence-electron chi connectivity index (χ1n) is 5.89. The second-order valence-corrected chi connectivity index (χ2v) is 3.84. The second kappa shape index (κ2) is 10.1. The highest BCUT2D eigenvalue weighted by molar-refractivity contribution is 5.85. The second-order valence-electron chi connectivity index (χ2n) is 3.84. The molecular weight excluding hydrogens is 252 g/mol. The van der Waals surface area contributed by atoms with Gasteiger partial charge in [-0.25, -0.2) is 0 Å². The maximum Gasteiger partial charge on any atom is 0.241 e. The van der Waals surface area contributed by atoms with Crippen LogP contribution in [-0.4, -0.2) is 55.8 Å². The summed E-state index contributed by atoms with van der Waals surface area (Å²) in [6, 6.07) is 0. The van der Waals surface area contributed by atoms with Crippen molar-refractivity contribution in [3.63, 3.8) is 0 Å². The summed E-state index contributed by atoms with van der Waals surface area (Å²) in [5, 5.41) is 16.9. The first kappa shape index (κ1) is 17.1. The van der Waals surface area contributed by atoms with Gasteiger partial charge in [0.1, 0.15) is 6.23 Å². The number of likely N-dealkylation sites (N-methyl/N-ethyl adjacent to an activating group) is 1. The van der Waals surface area contributed by atoms with Crippen LogP contribution in [0, 0.1) is 0 Å². The topological polar surface area (TPSA) is 155 Å². The third-order valence-corrected chi connectivity index (χ3v) is 2.04. The minimum Gasteiger partial charge on any atom is -0.374 e. The minimum absolute atomic E-state index is 0.00855. The van der Waals surface area contributed by atoms with E-state index in [1.165, 1.54) is 0 Å². The quantitative estimate of drug-likeness (QED) is 0.113. The van der Waals surface area contributed by atoms with E-state index in [-0.39, 0.29) is 25.0 Å². The van der Waals surface area contributed by atoms with Crippen molar-refractivity contribution in [2.45, 2.75) is 19.1 Å². The van der Waals surface area contributed by atoms with E-state index in [2.05, 4.69) is 20.9 Å². The number of aliphatic imine (C=N–C) groups is 1. The number of hydrogen-bond acceptors (Lipinski definition) is 5. The Morgan fingerprint density at radius 2 is 1.95 bits per heavy atom. The predicted octanol–water partition coefficient (Wildman–Crippen LogP) is -3.19. The first-order chi connectivity index (χ1) is 8.95. The molecule has 0 heterocycles. The average Bonchev–Trinajstić information content (AvgIpc) is 2.32. The number of nitrogens with zero attached hydrogens (tertiary/aromatic N) is 1. The molecule has 1 atom stereocenters. The van der Waals surface area contributed by atoms with Gasteiger partial charge in [-0.1, -0.05) is 0 Å². The van der Waals surface area contributed by atoms with Crippen LogP contribution in [0.3, 0.4) is 0 Å².